The predicted molar refractivity (Wildman–Crippen MR) is 82.1 cm³/mol. The van der Waals surface area contributed by atoms with E-state index in [9.17, 15) is 9.59 Å². The van der Waals surface area contributed by atoms with Gasteiger partial charge < -0.3 is 19.5 Å². The van der Waals surface area contributed by atoms with Crippen LogP contribution in [0.25, 0.3) is 0 Å². The van der Waals surface area contributed by atoms with E-state index in [1.807, 2.05) is 19.1 Å². The molecule has 0 radical (unpaired) electrons. The molecule has 0 aliphatic rings. The van der Waals surface area contributed by atoms with Crippen molar-refractivity contribution in [3.63, 3.8) is 0 Å². The number of rotatable bonds is 8. The first-order chi connectivity index (χ1) is 10.5. The smallest absolute Gasteiger partial charge is 0.306 e. The summed E-state index contributed by atoms with van der Waals surface area (Å²) in [6.45, 7) is 3.87. The van der Waals surface area contributed by atoms with Crippen molar-refractivity contribution >= 4 is 11.9 Å². The van der Waals surface area contributed by atoms with E-state index in [0.717, 1.165) is 5.56 Å². The second-order valence-electron chi connectivity index (χ2n) is 4.72. The summed E-state index contributed by atoms with van der Waals surface area (Å²) in [5.74, 6) is 0.554. The topological polar surface area (TPSA) is 73.9 Å². The Morgan fingerprint density at radius 1 is 1.18 bits per heavy atom. The fourth-order valence-electron chi connectivity index (χ4n) is 1.91. The molecule has 1 rings (SSSR count). The molecule has 1 aromatic carbocycles. The van der Waals surface area contributed by atoms with Crippen molar-refractivity contribution in [3.8, 4) is 11.5 Å². The number of benzene rings is 1. The predicted octanol–water partition coefficient (Wildman–Crippen LogP) is 1.70. The molecule has 1 amide bonds. The summed E-state index contributed by atoms with van der Waals surface area (Å²) in [6, 6.07) is 5.47. The first-order valence-corrected chi connectivity index (χ1v) is 7.19. The Morgan fingerprint density at radius 2 is 1.86 bits per heavy atom. The number of aryl methyl sites for hydroxylation is 1. The highest BCUT2D eigenvalue weighted by Crippen LogP contribution is 2.27. The molecule has 22 heavy (non-hydrogen) atoms. The average molecular weight is 309 g/mol. The van der Waals surface area contributed by atoms with Crippen molar-refractivity contribution in [1.82, 2.24) is 5.32 Å². The summed E-state index contributed by atoms with van der Waals surface area (Å²) in [7, 11) is 3.13. The molecule has 122 valence electrons. The van der Waals surface area contributed by atoms with Gasteiger partial charge in [-0.2, -0.15) is 0 Å². The standard InChI is InChI=1S/C16H23NO5/c1-5-17-16(19)11(2)22-15(18)9-7-12-6-8-13(20-3)14(10-12)21-4/h6,8,10-11H,5,7,9H2,1-4H3,(H,17,19)/t11-/m1/s1. The third kappa shape index (κ3) is 5.27. The summed E-state index contributed by atoms with van der Waals surface area (Å²) in [6.07, 6.45) is -0.0848. The Labute approximate surface area is 130 Å². The Bertz CT molecular complexity index is 515. The molecule has 0 bridgehead atoms. The van der Waals surface area contributed by atoms with Crippen LogP contribution in [-0.4, -0.2) is 38.7 Å². The van der Waals surface area contributed by atoms with E-state index in [-0.39, 0.29) is 12.3 Å². The fourth-order valence-corrected chi connectivity index (χ4v) is 1.91. The number of ether oxygens (including phenoxy) is 3. The van der Waals surface area contributed by atoms with Gasteiger partial charge in [-0.05, 0) is 38.0 Å². The van der Waals surface area contributed by atoms with Gasteiger partial charge in [0.05, 0.1) is 14.2 Å². The number of hydrogen-bond acceptors (Lipinski definition) is 5. The molecule has 6 heteroatoms. The average Bonchev–Trinajstić information content (AvgIpc) is 2.52. The number of likely N-dealkylation sites (N-methyl/N-ethyl adjacent to an activating group) is 1. The van der Waals surface area contributed by atoms with Crippen LogP contribution in [0.15, 0.2) is 18.2 Å². The van der Waals surface area contributed by atoms with Crippen LogP contribution in [0.4, 0.5) is 0 Å². The van der Waals surface area contributed by atoms with Crippen molar-refractivity contribution in [1.29, 1.82) is 0 Å². The van der Waals surface area contributed by atoms with E-state index in [4.69, 9.17) is 14.2 Å². The zero-order valence-corrected chi connectivity index (χ0v) is 13.5. The molecular formula is C16H23NO5. The van der Waals surface area contributed by atoms with E-state index in [2.05, 4.69) is 5.32 Å². The van der Waals surface area contributed by atoms with Crippen LogP contribution in [0.1, 0.15) is 25.8 Å². The number of carbonyl (C=O) groups is 2. The lowest BCUT2D eigenvalue weighted by molar-refractivity contribution is -0.154. The van der Waals surface area contributed by atoms with E-state index in [0.29, 0.717) is 24.5 Å². The number of hydrogen-bond donors (Lipinski definition) is 1. The number of carbonyl (C=O) groups excluding carboxylic acids is 2. The van der Waals surface area contributed by atoms with Crippen LogP contribution in [0, 0.1) is 0 Å². The fraction of sp³-hybridized carbons (Fsp3) is 0.500. The van der Waals surface area contributed by atoms with Gasteiger partial charge in [0.15, 0.2) is 17.6 Å². The molecule has 0 spiro atoms. The number of amides is 1. The molecule has 0 fully saturated rings. The highest BCUT2D eigenvalue weighted by Gasteiger charge is 2.16. The molecule has 1 aromatic rings. The zero-order chi connectivity index (χ0) is 16.5. The molecule has 6 nitrogen and oxygen atoms in total. The molecule has 0 aliphatic heterocycles. The Hall–Kier alpha value is -2.24. The molecule has 1 atom stereocenters. The summed E-state index contributed by atoms with van der Waals surface area (Å²) in [5, 5.41) is 2.61. The van der Waals surface area contributed by atoms with Crippen molar-refractivity contribution in [2.75, 3.05) is 20.8 Å². The van der Waals surface area contributed by atoms with E-state index in [1.165, 1.54) is 0 Å². The van der Waals surface area contributed by atoms with Gasteiger partial charge in [-0.3, -0.25) is 9.59 Å². The van der Waals surface area contributed by atoms with Gasteiger partial charge in [0.2, 0.25) is 0 Å². The van der Waals surface area contributed by atoms with Gasteiger partial charge in [0.25, 0.3) is 5.91 Å². The van der Waals surface area contributed by atoms with Gasteiger partial charge in [0.1, 0.15) is 0 Å². The molecule has 0 heterocycles. The van der Waals surface area contributed by atoms with Crippen molar-refractivity contribution in [2.24, 2.45) is 0 Å². The highest BCUT2D eigenvalue weighted by atomic mass is 16.5. The SMILES string of the molecule is CCNC(=O)[C@@H](C)OC(=O)CCc1ccc(OC)c(OC)c1. The van der Waals surface area contributed by atoms with E-state index < -0.39 is 12.1 Å². The molecule has 1 N–H and O–H groups in total. The van der Waals surface area contributed by atoms with E-state index >= 15 is 0 Å². The first kappa shape index (κ1) is 17.8. The van der Waals surface area contributed by atoms with Crippen LogP contribution in [-0.2, 0) is 20.7 Å². The maximum atomic E-state index is 11.8. The minimum Gasteiger partial charge on any atom is -0.493 e. The lowest BCUT2D eigenvalue weighted by Crippen LogP contribution is -2.35. The largest absolute Gasteiger partial charge is 0.493 e. The van der Waals surface area contributed by atoms with E-state index in [1.54, 1.807) is 27.2 Å². The van der Waals surface area contributed by atoms with Crippen LogP contribution in [0.5, 0.6) is 11.5 Å². The highest BCUT2D eigenvalue weighted by molar-refractivity contribution is 5.83. The molecule has 0 unspecified atom stereocenters. The van der Waals surface area contributed by atoms with Crippen molar-refractivity contribution in [2.45, 2.75) is 32.8 Å². The maximum absolute atomic E-state index is 11.8. The number of esters is 1. The lowest BCUT2D eigenvalue weighted by atomic mass is 10.1. The molecule has 0 saturated heterocycles. The van der Waals surface area contributed by atoms with Crippen LogP contribution < -0.4 is 14.8 Å². The monoisotopic (exact) mass is 309 g/mol. The summed E-state index contributed by atoms with van der Waals surface area (Å²) in [5.41, 5.74) is 0.931. The second kappa shape index (κ2) is 8.92. The van der Waals surface area contributed by atoms with Gasteiger partial charge in [0, 0.05) is 13.0 Å². The van der Waals surface area contributed by atoms with Crippen LogP contribution >= 0.6 is 0 Å². The number of methoxy groups -OCH3 is 2. The minimum absolute atomic E-state index is 0.194. The molecule has 0 aliphatic carbocycles. The minimum atomic E-state index is -0.780. The molecule has 0 aromatic heterocycles. The summed E-state index contributed by atoms with van der Waals surface area (Å²) in [4.78, 5) is 23.2. The van der Waals surface area contributed by atoms with Gasteiger partial charge in [-0.1, -0.05) is 6.07 Å². The van der Waals surface area contributed by atoms with Crippen LogP contribution in [0.3, 0.4) is 0 Å². The summed E-state index contributed by atoms with van der Waals surface area (Å²) < 4.78 is 15.5. The molecular weight excluding hydrogens is 286 g/mol. The quantitative estimate of drug-likeness (QED) is 0.740. The van der Waals surface area contributed by atoms with Crippen molar-refractivity contribution < 1.29 is 23.8 Å². The lowest BCUT2D eigenvalue weighted by Gasteiger charge is -2.13. The Kier molecular flexibility index (Phi) is 7.22. The van der Waals surface area contributed by atoms with Crippen LogP contribution in [0.2, 0.25) is 0 Å². The first-order valence-electron chi connectivity index (χ1n) is 7.19. The van der Waals surface area contributed by atoms with Gasteiger partial charge in [-0.15, -0.1) is 0 Å². The molecule has 0 saturated carbocycles. The third-order valence-electron chi connectivity index (χ3n) is 3.09. The summed E-state index contributed by atoms with van der Waals surface area (Å²) >= 11 is 0. The maximum Gasteiger partial charge on any atom is 0.306 e. The zero-order valence-electron chi connectivity index (χ0n) is 13.5. The Morgan fingerprint density at radius 3 is 2.45 bits per heavy atom. The van der Waals surface area contributed by atoms with Gasteiger partial charge in [-0.25, -0.2) is 0 Å². The normalized spacial score (nSPS) is 11.5. The Balaban J connectivity index is 2.52. The van der Waals surface area contributed by atoms with Crippen molar-refractivity contribution in [3.05, 3.63) is 23.8 Å². The second-order valence-corrected chi connectivity index (χ2v) is 4.72. The van der Waals surface area contributed by atoms with Gasteiger partial charge >= 0.3 is 5.97 Å². The number of nitrogens with one attached hydrogen (secondary N) is 1. The third-order valence-corrected chi connectivity index (χ3v) is 3.09.